The van der Waals surface area contributed by atoms with Crippen molar-refractivity contribution in [1.82, 2.24) is 19.4 Å². The third kappa shape index (κ3) is 4.00. The topological polar surface area (TPSA) is 96.9 Å². The summed E-state index contributed by atoms with van der Waals surface area (Å²) >= 11 is 0. The van der Waals surface area contributed by atoms with Crippen LogP contribution < -0.4 is 20.7 Å². The number of nitrogens with zero attached hydrogens (tertiary/aromatic N) is 3. The summed E-state index contributed by atoms with van der Waals surface area (Å²) in [6.07, 6.45) is 0.359. The molecule has 2 aromatic carbocycles. The molecular formula is C24H26N4O5. The second-order valence-electron chi connectivity index (χ2n) is 8.36. The summed E-state index contributed by atoms with van der Waals surface area (Å²) in [5, 5.41) is 0.400. The molecule has 33 heavy (non-hydrogen) atoms. The number of rotatable bonds is 5. The van der Waals surface area contributed by atoms with E-state index >= 15 is 0 Å². The summed E-state index contributed by atoms with van der Waals surface area (Å²) < 4.78 is 11.9. The average molecular weight is 450 g/mol. The van der Waals surface area contributed by atoms with Crippen LogP contribution in [-0.2, 0) is 11.3 Å². The van der Waals surface area contributed by atoms with Crippen LogP contribution in [0.15, 0.2) is 52.1 Å². The summed E-state index contributed by atoms with van der Waals surface area (Å²) in [5.41, 5.74) is 0.610. The Morgan fingerprint density at radius 1 is 1.03 bits per heavy atom. The van der Waals surface area contributed by atoms with Crippen LogP contribution in [0.2, 0.25) is 0 Å². The van der Waals surface area contributed by atoms with Gasteiger partial charge in [0.25, 0.3) is 5.56 Å². The van der Waals surface area contributed by atoms with Gasteiger partial charge in [0.1, 0.15) is 6.04 Å². The number of benzene rings is 2. The standard InChI is InChI=1S/C24H26N4O5/c1-2-19(28-22(29)17-5-3-4-6-18(17)25-24(28)31)23(30)27-11-9-26(10-12-27)14-16-7-8-20-21(13-16)33-15-32-20/h3-8,13,19H,2,9-12,14-15H2,1H3,(H,25,31)/t19-/m1/s1. The Labute approximate surface area is 190 Å². The number of carbonyl (C=O) groups is 1. The molecule has 0 bridgehead atoms. The van der Waals surface area contributed by atoms with Gasteiger partial charge in [-0.1, -0.05) is 25.1 Å². The minimum atomic E-state index is -0.828. The molecule has 2 aliphatic rings. The van der Waals surface area contributed by atoms with E-state index in [1.165, 1.54) is 0 Å². The Hall–Kier alpha value is -3.59. The third-order valence-electron chi connectivity index (χ3n) is 6.35. The van der Waals surface area contributed by atoms with E-state index in [0.29, 0.717) is 43.5 Å². The lowest BCUT2D eigenvalue weighted by atomic mass is 10.1. The number of aromatic amines is 1. The molecule has 0 radical (unpaired) electrons. The molecule has 0 unspecified atom stereocenters. The second-order valence-corrected chi connectivity index (χ2v) is 8.36. The number of H-pyrrole nitrogens is 1. The monoisotopic (exact) mass is 450 g/mol. The van der Waals surface area contributed by atoms with Gasteiger partial charge in [0.2, 0.25) is 12.7 Å². The van der Waals surface area contributed by atoms with Crippen LogP contribution in [0.5, 0.6) is 11.5 Å². The van der Waals surface area contributed by atoms with Crippen LogP contribution in [-0.4, -0.2) is 58.2 Å². The lowest BCUT2D eigenvalue weighted by Crippen LogP contribution is -2.52. The first-order valence-electron chi connectivity index (χ1n) is 11.2. The van der Waals surface area contributed by atoms with Crippen molar-refractivity contribution in [1.29, 1.82) is 0 Å². The van der Waals surface area contributed by atoms with E-state index < -0.39 is 17.3 Å². The molecule has 0 aliphatic carbocycles. The summed E-state index contributed by atoms with van der Waals surface area (Å²) in [4.78, 5) is 45.8. The van der Waals surface area contributed by atoms with Gasteiger partial charge >= 0.3 is 5.69 Å². The summed E-state index contributed by atoms with van der Waals surface area (Å²) in [7, 11) is 0. The Balaban J connectivity index is 1.29. The SMILES string of the molecule is CC[C@H](C(=O)N1CCN(Cc2ccc3c(c2)OCO3)CC1)n1c(=O)[nH]c2ccccc2c1=O. The number of para-hydroxylation sites is 1. The summed E-state index contributed by atoms with van der Waals surface area (Å²) in [6.45, 7) is 5.32. The number of amides is 1. The molecule has 1 atom stereocenters. The minimum absolute atomic E-state index is 0.192. The van der Waals surface area contributed by atoms with Gasteiger partial charge in [0, 0.05) is 32.7 Å². The van der Waals surface area contributed by atoms with Crippen molar-refractivity contribution in [3.63, 3.8) is 0 Å². The van der Waals surface area contributed by atoms with E-state index in [1.807, 2.05) is 25.1 Å². The molecule has 9 heteroatoms. The predicted molar refractivity (Wildman–Crippen MR) is 123 cm³/mol. The molecule has 1 N–H and O–H groups in total. The highest BCUT2D eigenvalue weighted by molar-refractivity contribution is 5.82. The predicted octanol–water partition coefficient (Wildman–Crippen LogP) is 1.71. The molecular weight excluding hydrogens is 424 g/mol. The highest BCUT2D eigenvalue weighted by Crippen LogP contribution is 2.32. The molecule has 1 aromatic heterocycles. The molecule has 172 valence electrons. The van der Waals surface area contributed by atoms with Crippen LogP contribution in [0.4, 0.5) is 0 Å². The van der Waals surface area contributed by atoms with E-state index in [-0.39, 0.29) is 12.7 Å². The van der Waals surface area contributed by atoms with Crippen LogP contribution in [0, 0.1) is 0 Å². The van der Waals surface area contributed by atoms with Crippen molar-refractivity contribution in [3.8, 4) is 11.5 Å². The number of carbonyl (C=O) groups excluding carboxylic acids is 1. The number of ether oxygens (including phenoxy) is 2. The third-order valence-corrected chi connectivity index (χ3v) is 6.35. The maximum atomic E-state index is 13.3. The van der Waals surface area contributed by atoms with E-state index in [0.717, 1.165) is 28.2 Å². The largest absolute Gasteiger partial charge is 0.454 e. The Morgan fingerprint density at radius 2 is 1.79 bits per heavy atom. The van der Waals surface area contributed by atoms with Gasteiger partial charge in [-0.2, -0.15) is 0 Å². The molecule has 1 amide bonds. The Kier molecular flexibility index (Phi) is 5.63. The van der Waals surface area contributed by atoms with Gasteiger partial charge in [0.15, 0.2) is 11.5 Å². The number of piperazine rings is 1. The van der Waals surface area contributed by atoms with Gasteiger partial charge in [-0.15, -0.1) is 0 Å². The molecule has 0 saturated carbocycles. The number of hydrogen-bond donors (Lipinski definition) is 1. The van der Waals surface area contributed by atoms with E-state index in [2.05, 4.69) is 9.88 Å². The molecule has 2 aliphatic heterocycles. The molecule has 5 rings (SSSR count). The fourth-order valence-electron chi connectivity index (χ4n) is 4.56. The molecule has 1 saturated heterocycles. The Bertz CT molecular complexity index is 1310. The van der Waals surface area contributed by atoms with E-state index in [4.69, 9.17) is 9.47 Å². The average Bonchev–Trinajstić information content (AvgIpc) is 3.30. The van der Waals surface area contributed by atoms with Crippen LogP contribution in [0.25, 0.3) is 10.9 Å². The lowest BCUT2D eigenvalue weighted by Gasteiger charge is -2.36. The zero-order chi connectivity index (χ0) is 22.9. The van der Waals surface area contributed by atoms with Crippen molar-refractivity contribution < 1.29 is 14.3 Å². The lowest BCUT2D eigenvalue weighted by molar-refractivity contribution is -0.137. The highest BCUT2D eigenvalue weighted by atomic mass is 16.7. The molecule has 1 fully saturated rings. The van der Waals surface area contributed by atoms with Crippen molar-refractivity contribution in [3.05, 3.63) is 68.9 Å². The summed E-state index contributed by atoms with van der Waals surface area (Å²) in [6, 6.07) is 12.0. The zero-order valence-electron chi connectivity index (χ0n) is 18.5. The van der Waals surface area contributed by atoms with Gasteiger partial charge in [-0.05, 0) is 36.2 Å². The quantitative estimate of drug-likeness (QED) is 0.636. The van der Waals surface area contributed by atoms with Crippen molar-refractivity contribution >= 4 is 16.8 Å². The fourth-order valence-corrected chi connectivity index (χ4v) is 4.56. The smallest absolute Gasteiger partial charge is 0.329 e. The normalized spacial score (nSPS) is 16.8. The molecule has 9 nitrogen and oxygen atoms in total. The van der Waals surface area contributed by atoms with Gasteiger partial charge in [-0.25, -0.2) is 9.36 Å². The highest BCUT2D eigenvalue weighted by Gasteiger charge is 2.30. The van der Waals surface area contributed by atoms with Crippen LogP contribution >= 0.6 is 0 Å². The first-order valence-corrected chi connectivity index (χ1v) is 11.2. The van der Waals surface area contributed by atoms with Gasteiger partial charge in [-0.3, -0.25) is 14.5 Å². The van der Waals surface area contributed by atoms with Crippen molar-refractivity contribution in [2.45, 2.75) is 25.9 Å². The molecule has 3 heterocycles. The van der Waals surface area contributed by atoms with Crippen LogP contribution in [0.1, 0.15) is 24.9 Å². The fraction of sp³-hybridized carbons (Fsp3) is 0.375. The summed E-state index contributed by atoms with van der Waals surface area (Å²) in [5.74, 6) is 1.33. The minimum Gasteiger partial charge on any atom is -0.454 e. The number of fused-ring (bicyclic) bond motifs is 2. The van der Waals surface area contributed by atoms with Crippen molar-refractivity contribution in [2.75, 3.05) is 33.0 Å². The Morgan fingerprint density at radius 3 is 2.58 bits per heavy atom. The number of hydrogen-bond acceptors (Lipinski definition) is 6. The first kappa shape index (κ1) is 21.3. The second kappa shape index (κ2) is 8.74. The first-order chi connectivity index (χ1) is 16.0. The van der Waals surface area contributed by atoms with Gasteiger partial charge < -0.3 is 19.4 Å². The van der Waals surface area contributed by atoms with Crippen LogP contribution in [0.3, 0.4) is 0 Å². The maximum absolute atomic E-state index is 13.3. The zero-order valence-corrected chi connectivity index (χ0v) is 18.5. The molecule has 3 aromatic rings. The van der Waals surface area contributed by atoms with Crippen molar-refractivity contribution in [2.24, 2.45) is 0 Å². The van der Waals surface area contributed by atoms with Gasteiger partial charge in [0.05, 0.1) is 10.9 Å². The van der Waals surface area contributed by atoms with E-state index in [9.17, 15) is 14.4 Å². The maximum Gasteiger partial charge on any atom is 0.329 e. The van der Waals surface area contributed by atoms with E-state index in [1.54, 1.807) is 29.2 Å². The number of nitrogens with one attached hydrogen (secondary N) is 1. The molecule has 0 spiro atoms. The number of aromatic nitrogens is 2.